The lowest BCUT2D eigenvalue weighted by molar-refractivity contribution is -0.154. The minimum absolute atomic E-state index is 0.0579. The largest absolute Gasteiger partial charge is 0.448 e. The highest BCUT2D eigenvalue weighted by molar-refractivity contribution is 8.00. The van der Waals surface area contributed by atoms with Crippen LogP contribution in [0.5, 0.6) is 0 Å². The fourth-order valence-electron chi connectivity index (χ4n) is 6.10. The van der Waals surface area contributed by atoms with E-state index in [1.54, 1.807) is 39.0 Å². The van der Waals surface area contributed by atoms with Gasteiger partial charge in [-0.05, 0) is 56.5 Å². The van der Waals surface area contributed by atoms with Crippen LogP contribution in [-0.4, -0.2) is 77.5 Å². The number of thiazole rings is 1. The molecule has 3 aromatic carbocycles. The number of carbonyl (C=O) groups is 4. The third-order valence-corrected chi connectivity index (χ3v) is 13.5. The number of anilines is 1. The van der Waals surface area contributed by atoms with E-state index in [-0.39, 0.29) is 27.8 Å². The highest BCUT2D eigenvalue weighted by Crippen LogP contribution is 2.42. The second-order valence-electron chi connectivity index (χ2n) is 14.1. The van der Waals surface area contributed by atoms with E-state index in [0.29, 0.717) is 42.5 Å². The number of amides is 3. The SMILES string of the molecule is CCC(NC(=O)OC(C)(C)C)C(=S)Nc1ncc(C2=C(C(=O)OC(c3ccccc3)c3ccccc3)N3C(=O)C(NC(=O)CSc4ccc(Cl)c(Cl)c4)C3S(=O)C2)s1. The molecule has 2 aliphatic heterocycles. The first-order valence-corrected chi connectivity index (χ1v) is 22.4. The van der Waals surface area contributed by atoms with Gasteiger partial charge in [-0.15, -0.1) is 11.8 Å². The lowest BCUT2D eigenvalue weighted by Gasteiger charge is -2.49. The van der Waals surface area contributed by atoms with Crippen molar-refractivity contribution in [2.24, 2.45) is 0 Å². The van der Waals surface area contributed by atoms with E-state index in [4.69, 9.17) is 44.9 Å². The van der Waals surface area contributed by atoms with Gasteiger partial charge < -0.3 is 25.4 Å². The summed E-state index contributed by atoms with van der Waals surface area (Å²) in [7, 11) is -1.76. The summed E-state index contributed by atoms with van der Waals surface area (Å²) in [5.74, 6) is -2.12. The number of rotatable bonds is 13. The van der Waals surface area contributed by atoms with Crippen LogP contribution >= 0.6 is 58.5 Å². The normalized spacial score (nSPS) is 18.2. The van der Waals surface area contributed by atoms with Gasteiger partial charge in [0.1, 0.15) is 27.7 Å². The predicted octanol–water partition coefficient (Wildman–Crippen LogP) is 7.74. The summed E-state index contributed by atoms with van der Waals surface area (Å²) < 4.78 is 25.7. The molecule has 4 aromatic rings. The number of esters is 1. The van der Waals surface area contributed by atoms with Gasteiger partial charge in [0.05, 0.1) is 43.3 Å². The van der Waals surface area contributed by atoms with E-state index < -0.39 is 63.8 Å². The number of thioether (sulfide) groups is 1. The van der Waals surface area contributed by atoms with Crippen molar-refractivity contribution in [1.82, 2.24) is 20.5 Å². The zero-order valence-corrected chi connectivity index (χ0v) is 36.4. The molecule has 3 N–H and O–H groups in total. The van der Waals surface area contributed by atoms with Crippen LogP contribution in [0.2, 0.25) is 10.0 Å². The average Bonchev–Trinajstić information content (AvgIpc) is 3.66. The van der Waals surface area contributed by atoms with Gasteiger partial charge in [-0.1, -0.05) is 114 Å². The molecule has 1 fully saturated rings. The Labute approximate surface area is 361 Å². The number of nitrogens with zero attached hydrogens (tertiary/aromatic N) is 2. The number of β-lactam (4-membered cyclic amide) rings is 1. The summed E-state index contributed by atoms with van der Waals surface area (Å²) in [6.07, 6.45) is 0.476. The van der Waals surface area contributed by atoms with Gasteiger partial charge in [-0.25, -0.2) is 14.6 Å². The topological polar surface area (TPSA) is 156 Å². The number of hydrogen-bond acceptors (Lipinski definition) is 11. The van der Waals surface area contributed by atoms with Crippen molar-refractivity contribution in [2.45, 2.75) is 68.2 Å². The molecular weight excluding hydrogens is 862 g/mol. The van der Waals surface area contributed by atoms with Gasteiger partial charge in [0.25, 0.3) is 5.91 Å². The van der Waals surface area contributed by atoms with E-state index in [1.165, 1.54) is 18.0 Å². The van der Waals surface area contributed by atoms with Gasteiger partial charge in [0, 0.05) is 16.7 Å². The number of benzene rings is 3. The summed E-state index contributed by atoms with van der Waals surface area (Å²) in [6, 6.07) is 21.6. The van der Waals surface area contributed by atoms with Crippen molar-refractivity contribution >= 4 is 109 Å². The van der Waals surface area contributed by atoms with E-state index in [0.717, 1.165) is 16.2 Å². The van der Waals surface area contributed by atoms with Crippen LogP contribution in [0.1, 0.15) is 56.2 Å². The fourth-order valence-corrected chi connectivity index (χ4v) is 10.2. The van der Waals surface area contributed by atoms with Crippen LogP contribution in [0.3, 0.4) is 0 Å². The second kappa shape index (κ2) is 18.7. The van der Waals surface area contributed by atoms with E-state index in [1.807, 2.05) is 67.6 Å². The first kappa shape index (κ1) is 43.3. The lowest BCUT2D eigenvalue weighted by atomic mass is 10.0. The molecule has 0 aliphatic carbocycles. The molecule has 1 saturated heterocycles. The molecule has 3 heterocycles. The van der Waals surface area contributed by atoms with Crippen LogP contribution in [0, 0.1) is 0 Å². The van der Waals surface area contributed by atoms with Crippen molar-refractivity contribution in [2.75, 3.05) is 16.8 Å². The fraction of sp³-hybridized carbons (Fsp3) is 0.300. The number of carbonyl (C=O) groups excluding carboxylic acids is 4. The molecule has 304 valence electrons. The standard InChI is InChI=1S/C40H39Cl2N5O7S4/c1-5-28(44-39(51)54-40(2,3)4)34(55)46-38-43-19-29(57-38)25-21-58(52)36-31(45-30(48)20-56-24-16-17-26(41)27(42)18-24)35(49)47(36)32(25)37(50)53-33(22-12-8-6-9-13-22)23-14-10-7-11-15-23/h6-19,28,31,33,36H,5,20-21H2,1-4H3,(H,44,51)(H,45,48)(H,43,46,55). The highest BCUT2D eigenvalue weighted by Gasteiger charge is 2.58. The number of thiocarbonyl (C=S) groups is 1. The molecule has 0 radical (unpaired) electrons. The number of aromatic nitrogens is 1. The quantitative estimate of drug-likeness (QED) is 0.0522. The van der Waals surface area contributed by atoms with Gasteiger partial charge in [-0.2, -0.15) is 0 Å². The Morgan fingerprint density at radius 1 is 1.03 bits per heavy atom. The maximum Gasteiger partial charge on any atom is 0.408 e. The number of fused-ring (bicyclic) bond motifs is 1. The molecule has 0 spiro atoms. The van der Waals surface area contributed by atoms with Gasteiger partial charge in [-0.3, -0.25) is 18.7 Å². The Bertz CT molecular complexity index is 2230. The Morgan fingerprint density at radius 3 is 2.29 bits per heavy atom. The smallest absolute Gasteiger partial charge is 0.408 e. The minimum atomic E-state index is -1.76. The zero-order chi connectivity index (χ0) is 41.7. The molecule has 0 saturated carbocycles. The third kappa shape index (κ3) is 10.3. The van der Waals surface area contributed by atoms with Crippen LogP contribution in [0.4, 0.5) is 9.93 Å². The summed E-state index contributed by atoms with van der Waals surface area (Å²) >= 11 is 20.1. The van der Waals surface area contributed by atoms with Crippen molar-refractivity contribution in [1.29, 1.82) is 0 Å². The molecule has 18 heteroatoms. The Hall–Kier alpha value is -4.32. The van der Waals surface area contributed by atoms with Crippen LogP contribution < -0.4 is 16.0 Å². The maximum atomic E-state index is 14.5. The summed E-state index contributed by atoms with van der Waals surface area (Å²) in [4.78, 5) is 61.2. The van der Waals surface area contributed by atoms with Crippen molar-refractivity contribution < 1.29 is 32.9 Å². The molecule has 12 nitrogen and oxygen atoms in total. The predicted molar refractivity (Wildman–Crippen MR) is 232 cm³/mol. The third-order valence-electron chi connectivity index (χ3n) is 8.78. The summed E-state index contributed by atoms with van der Waals surface area (Å²) in [5.41, 5.74) is 0.873. The molecule has 6 rings (SSSR count). The second-order valence-corrected chi connectivity index (χ2v) is 19.0. The molecule has 0 bridgehead atoms. The number of hydrogen-bond donors (Lipinski definition) is 3. The molecule has 58 heavy (non-hydrogen) atoms. The van der Waals surface area contributed by atoms with Crippen molar-refractivity contribution in [3.8, 4) is 0 Å². The lowest BCUT2D eigenvalue weighted by Crippen LogP contribution is -2.73. The molecule has 3 amide bonds. The van der Waals surface area contributed by atoms with E-state index in [2.05, 4.69) is 20.9 Å². The maximum absolute atomic E-state index is 14.5. The first-order chi connectivity index (χ1) is 27.6. The summed E-state index contributed by atoms with van der Waals surface area (Å²) in [5, 5.41) is 8.56. The van der Waals surface area contributed by atoms with Crippen molar-refractivity contribution in [3.05, 3.63) is 117 Å². The number of alkyl carbamates (subject to hydrolysis) is 1. The summed E-state index contributed by atoms with van der Waals surface area (Å²) in [6.45, 7) is 7.13. The first-order valence-electron chi connectivity index (χ1n) is 18.0. The monoisotopic (exact) mass is 899 g/mol. The van der Waals surface area contributed by atoms with Gasteiger partial charge in [0.15, 0.2) is 11.2 Å². The Morgan fingerprint density at radius 2 is 1.69 bits per heavy atom. The number of halogens is 2. The molecular formula is C40H39Cl2N5O7S4. The van der Waals surface area contributed by atoms with Crippen LogP contribution in [0.15, 0.2) is 95.7 Å². The molecule has 4 unspecified atom stereocenters. The van der Waals surface area contributed by atoms with Crippen LogP contribution in [0.25, 0.3) is 5.57 Å². The Balaban J connectivity index is 1.28. The molecule has 4 atom stereocenters. The molecule has 1 aromatic heterocycles. The minimum Gasteiger partial charge on any atom is -0.448 e. The van der Waals surface area contributed by atoms with Gasteiger partial charge >= 0.3 is 12.1 Å². The van der Waals surface area contributed by atoms with Crippen molar-refractivity contribution in [3.63, 3.8) is 0 Å². The Kier molecular flexibility index (Phi) is 14.0. The average molecular weight is 901 g/mol. The van der Waals surface area contributed by atoms with E-state index in [9.17, 15) is 23.4 Å². The number of ether oxygens (including phenoxy) is 2. The number of nitrogens with one attached hydrogen (secondary N) is 3. The van der Waals surface area contributed by atoms with Gasteiger partial charge in [0.2, 0.25) is 5.91 Å². The van der Waals surface area contributed by atoms with E-state index >= 15 is 0 Å². The highest BCUT2D eigenvalue weighted by atomic mass is 35.5. The zero-order valence-electron chi connectivity index (χ0n) is 31.7. The molecule has 2 aliphatic rings. The van der Waals surface area contributed by atoms with Crippen LogP contribution in [-0.2, 0) is 34.7 Å².